The summed E-state index contributed by atoms with van der Waals surface area (Å²) in [5.41, 5.74) is 3.66. The fourth-order valence-electron chi connectivity index (χ4n) is 4.59. The quantitative estimate of drug-likeness (QED) is 0.651. The number of hydrogen-bond acceptors (Lipinski definition) is 7. The summed E-state index contributed by atoms with van der Waals surface area (Å²) in [6.07, 6.45) is 8.49. The molecule has 3 aliphatic rings. The van der Waals surface area contributed by atoms with Crippen LogP contribution in [0.15, 0.2) is 52.6 Å². The number of ether oxygens (including phenoxy) is 1. The number of halogens is 1. The molecule has 1 aliphatic carbocycles. The highest BCUT2D eigenvalue weighted by atomic mass is 19.1. The van der Waals surface area contributed by atoms with Gasteiger partial charge in [-0.25, -0.2) is 4.39 Å². The Morgan fingerprint density at radius 1 is 1.22 bits per heavy atom. The van der Waals surface area contributed by atoms with E-state index in [9.17, 15) is 4.79 Å². The van der Waals surface area contributed by atoms with Gasteiger partial charge in [-0.3, -0.25) is 9.79 Å². The molecule has 3 heterocycles. The highest BCUT2D eigenvalue weighted by Crippen LogP contribution is 2.34. The van der Waals surface area contributed by atoms with E-state index in [0.29, 0.717) is 49.2 Å². The van der Waals surface area contributed by atoms with Crippen molar-refractivity contribution in [2.45, 2.75) is 27.2 Å². The maximum Gasteiger partial charge on any atom is 0.326 e. The highest BCUT2D eigenvalue weighted by Gasteiger charge is 2.25. The molecule has 8 nitrogen and oxygen atoms in total. The third kappa shape index (κ3) is 4.86. The molecule has 9 heteroatoms. The first kappa shape index (κ1) is 23.7. The standard InChI is InChI=1S/C27H29FN6O2/c1-4-6-18-13-22(29-15-18)30-23-14-24(34-10-9-33(5-2)25(35)16-34)32-27(31-23)36-21-8-7-19-11-17(3)12-20(19)26(21)28/h4,6-8,12-14H,5,9-11,15-16H2,1-3H3,(H,29,30,31,32)/b6-4+. The van der Waals surface area contributed by atoms with Gasteiger partial charge in [0.05, 0.1) is 13.1 Å². The molecule has 36 heavy (non-hydrogen) atoms. The largest absolute Gasteiger partial charge is 0.421 e. The molecular weight excluding hydrogens is 459 g/mol. The molecule has 0 radical (unpaired) electrons. The van der Waals surface area contributed by atoms with Crippen molar-refractivity contribution < 1.29 is 13.9 Å². The molecular formula is C27H29FN6O2. The van der Waals surface area contributed by atoms with Crippen LogP contribution in [0.1, 0.15) is 31.9 Å². The number of fused-ring (bicyclic) bond motifs is 1. The van der Waals surface area contributed by atoms with Crippen LogP contribution >= 0.6 is 0 Å². The second-order valence-corrected chi connectivity index (χ2v) is 9.05. The summed E-state index contributed by atoms with van der Waals surface area (Å²) >= 11 is 0. The van der Waals surface area contributed by atoms with Gasteiger partial charge in [-0.2, -0.15) is 9.97 Å². The van der Waals surface area contributed by atoms with E-state index >= 15 is 4.39 Å². The molecule has 1 saturated heterocycles. The maximum atomic E-state index is 15.2. The number of hydrogen-bond donors (Lipinski definition) is 1. The Labute approximate surface area is 209 Å². The molecule has 0 bridgehead atoms. The van der Waals surface area contributed by atoms with E-state index in [1.807, 2.05) is 60.9 Å². The van der Waals surface area contributed by atoms with Gasteiger partial charge in [0.2, 0.25) is 5.91 Å². The number of benzene rings is 1. The minimum Gasteiger partial charge on any atom is -0.421 e. The zero-order valence-electron chi connectivity index (χ0n) is 20.7. The van der Waals surface area contributed by atoms with Crippen LogP contribution in [0.2, 0.25) is 0 Å². The Bertz CT molecular complexity index is 1330. The van der Waals surface area contributed by atoms with Gasteiger partial charge < -0.3 is 19.9 Å². The van der Waals surface area contributed by atoms with Gasteiger partial charge in [0.1, 0.15) is 17.5 Å². The third-order valence-electron chi connectivity index (χ3n) is 6.40. The number of amidine groups is 1. The zero-order chi connectivity index (χ0) is 25.2. The molecule has 1 amide bonds. The summed E-state index contributed by atoms with van der Waals surface area (Å²) < 4.78 is 21.1. The molecule has 186 valence electrons. The summed E-state index contributed by atoms with van der Waals surface area (Å²) in [7, 11) is 0. The first-order valence-electron chi connectivity index (χ1n) is 12.2. The Morgan fingerprint density at radius 3 is 2.86 bits per heavy atom. The number of piperazine rings is 1. The SMILES string of the molecule is C/C=C/C1=CC(Nc2cc(N3CCN(CC)C(=O)C3)nc(Oc3ccc4c(c3F)C=C(C)C4)n2)=NC1. The summed E-state index contributed by atoms with van der Waals surface area (Å²) in [6.45, 7) is 8.58. The van der Waals surface area contributed by atoms with Crippen molar-refractivity contribution in [2.24, 2.45) is 4.99 Å². The number of aromatic nitrogens is 2. The van der Waals surface area contributed by atoms with E-state index in [1.165, 1.54) is 0 Å². The number of rotatable bonds is 6. The fraction of sp³-hybridized carbons (Fsp3) is 0.333. The molecule has 1 aromatic heterocycles. The van der Waals surface area contributed by atoms with Gasteiger partial charge in [-0.05, 0) is 50.5 Å². The molecule has 2 aromatic rings. The molecule has 0 spiro atoms. The first-order valence-corrected chi connectivity index (χ1v) is 12.2. The van der Waals surface area contributed by atoms with Gasteiger partial charge in [-0.1, -0.05) is 29.9 Å². The third-order valence-corrected chi connectivity index (χ3v) is 6.40. The average molecular weight is 489 g/mol. The lowest BCUT2D eigenvalue weighted by molar-refractivity contribution is -0.130. The lowest BCUT2D eigenvalue weighted by Gasteiger charge is -2.34. The molecule has 1 aromatic carbocycles. The Hall–Kier alpha value is -4.01. The van der Waals surface area contributed by atoms with Crippen LogP contribution in [0.5, 0.6) is 11.8 Å². The van der Waals surface area contributed by atoms with Crippen molar-refractivity contribution in [1.29, 1.82) is 0 Å². The van der Waals surface area contributed by atoms with Crippen molar-refractivity contribution in [3.8, 4) is 11.8 Å². The number of nitrogens with one attached hydrogen (secondary N) is 1. The van der Waals surface area contributed by atoms with Crippen LogP contribution in [0.25, 0.3) is 6.08 Å². The van der Waals surface area contributed by atoms with Crippen molar-refractivity contribution in [1.82, 2.24) is 14.9 Å². The van der Waals surface area contributed by atoms with E-state index in [2.05, 4.69) is 20.3 Å². The number of allylic oxidation sites excluding steroid dienone is 2. The minimum atomic E-state index is -0.432. The molecule has 0 atom stereocenters. The Morgan fingerprint density at radius 2 is 2.08 bits per heavy atom. The Kier molecular flexibility index (Phi) is 6.54. The van der Waals surface area contributed by atoms with Crippen molar-refractivity contribution in [2.75, 3.05) is 42.9 Å². The van der Waals surface area contributed by atoms with Gasteiger partial charge in [-0.15, -0.1) is 0 Å². The van der Waals surface area contributed by atoms with Crippen LogP contribution in [-0.2, 0) is 11.2 Å². The zero-order valence-corrected chi connectivity index (χ0v) is 20.7. The smallest absolute Gasteiger partial charge is 0.326 e. The second kappa shape index (κ2) is 9.93. The van der Waals surface area contributed by atoms with Crippen LogP contribution in [0.3, 0.4) is 0 Å². The number of likely N-dealkylation sites (N-methyl/N-ethyl adjacent to an activating group) is 1. The van der Waals surface area contributed by atoms with E-state index in [1.54, 1.807) is 12.1 Å². The number of anilines is 2. The van der Waals surface area contributed by atoms with E-state index in [-0.39, 0.29) is 24.2 Å². The van der Waals surface area contributed by atoms with E-state index < -0.39 is 5.82 Å². The highest BCUT2D eigenvalue weighted by molar-refractivity contribution is 6.05. The lowest BCUT2D eigenvalue weighted by atomic mass is 10.1. The van der Waals surface area contributed by atoms with Gasteiger partial charge >= 0.3 is 6.01 Å². The van der Waals surface area contributed by atoms with Gasteiger partial charge in [0.15, 0.2) is 11.6 Å². The van der Waals surface area contributed by atoms with Gasteiger partial charge in [0, 0.05) is 31.3 Å². The molecule has 1 N–H and O–H groups in total. The summed E-state index contributed by atoms with van der Waals surface area (Å²) in [5, 5.41) is 3.21. The maximum absolute atomic E-state index is 15.2. The predicted molar refractivity (Wildman–Crippen MR) is 139 cm³/mol. The summed E-state index contributed by atoms with van der Waals surface area (Å²) in [4.78, 5) is 29.7. The number of carbonyl (C=O) groups excluding carboxylic acids is 1. The molecule has 0 saturated carbocycles. The summed E-state index contributed by atoms with van der Waals surface area (Å²) in [5.74, 6) is 1.30. The van der Waals surface area contributed by atoms with Crippen LogP contribution < -0.4 is 15.0 Å². The summed E-state index contributed by atoms with van der Waals surface area (Å²) in [6, 6.07) is 5.24. The predicted octanol–water partition coefficient (Wildman–Crippen LogP) is 4.36. The number of aliphatic imine (C=N–C) groups is 1. The number of carbonyl (C=O) groups is 1. The lowest BCUT2D eigenvalue weighted by Crippen LogP contribution is -2.50. The van der Waals surface area contributed by atoms with Crippen LogP contribution in [0, 0.1) is 5.82 Å². The van der Waals surface area contributed by atoms with Crippen molar-refractivity contribution in [3.63, 3.8) is 0 Å². The minimum absolute atomic E-state index is 0.00540. The van der Waals surface area contributed by atoms with Crippen molar-refractivity contribution >= 4 is 29.5 Å². The van der Waals surface area contributed by atoms with Gasteiger partial charge in [0.25, 0.3) is 0 Å². The molecule has 2 aliphatic heterocycles. The van der Waals surface area contributed by atoms with Crippen LogP contribution in [0.4, 0.5) is 16.0 Å². The molecule has 1 fully saturated rings. The molecule has 0 unspecified atom stereocenters. The number of nitrogens with zero attached hydrogens (tertiary/aromatic N) is 5. The monoisotopic (exact) mass is 488 g/mol. The normalized spacial score (nSPS) is 17.3. The topological polar surface area (TPSA) is 83.0 Å². The fourth-order valence-corrected chi connectivity index (χ4v) is 4.59. The van der Waals surface area contributed by atoms with Crippen LogP contribution in [-0.4, -0.2) is 59.3 Å². The van der Waals surface area contributed by atoms with E-state index in [0.717, 1.165) is 23.1 Å². The van der Waals surface area contributed by atoms with Crippen molar-refractivity contribution in [3.05, 3.63) is 64.5 Å². The Balaban J connectivity index is 1.46. The second-order valence-electron chi connectivity index (χ2n) is 9.05. The number of amides is 1. The molecule has 5 rings (SSSR count). The first-order chi connectivity index (χ1) is 17.4. The average Bonchev–Trinajstić information content (AvgIpc) is 3.47. The van der Waals surface area contributed by atoms with E-state index in [4.69, 9.17) is 4.74 Å².